The molecule has 0 aromatic heterocycles. The second-order valence-corrected chi connectivity index (χ2v) is 19.4. The number of hydrogen-bond acceptors (Lipinski definition) is 7. The molecule has 0 aliphatic carbocycles. The smallest absolute Gasteiger partial charge is 1.00 e. The van der Waals surface area contributed by atoms with Gasteiger partial charge in [0.2, 0.25) is 0 Å². The maximum absolute atomic E-state index is 15.3. The van der Waals surface area contributed by atoms with E-state index in [9.17, 15) is 176 Å². The van der Waals surface area contributed by atoms with Gasteiger partial charge in [-0.15, -0.1) is 0 Å². The summed E-state index contributed by atoms with van der Waals surface area (Å²) in [6, 6.07) is 0. The summed E-state index contributed by atoms with van der Waals surface area (Å²) in [5.74, 6) is -110. The number of sulfonamides is 2. The molecule has 74 heavy (non-hydrogen) atoms. The monoisotopic (exact) mass is 1250 g/mol. The van der Waals surface area contributed by atoms with Crippen molar-refractivity contribution in [1.82, 2.24) is 0 Å². The molecule has 50 heteroatoms. The fraction of sp³-hybridized carbons (Fsp3) is 1.00. The van der Waals surface area contributed by atoms with Crippen LogP contribution in [-0.2, 0) is 33.7 Å². The van der Waals surface area contributed by atoms with Crippen molar-refractivity contribution in [3.63, 3.8) is 0 Å². The predicted molar refractivity (Wildman–Crippen MR) is 156 cm³/mol. The van der Waals surface area contributed by atoms with Crippen LogP contribution in [0.25, 0.3) is 0 Å². The van der Waals surface area contributed by atoms with E-state index in [1.807, 2.05) is 0 Å². The summed E-state index contributed by atoms with van der Waals surface area (Å²) in [5, 5.41) is -17.2. The van der Waals surface area contributed by atoms with E-state index in [0.29, 0.717) is 0 Å². The Balaban J connectivity index is -0.0000259. The third kappa shape index (κ3) is 10.1. The van der Waals surface area contributed by atoms with Crippen LogP contribution >= 0.6 is 7.82 Å². The summed E-state index contributed by atoms with van der Waals surface area (Å²) in [4.78, 5) is 9.47. The van der Waals surface area contributed by atoms with Gasteiger partial charge in [-0.2, -0.15) is 166 Å². The SMILES string of the molecule is CC[N+](F)(CCOP(=O)(O)OCC[N+](F)(CC)S(=O)(=O)C(F)(F)C(F)(F)C(F)(F)C(F)(F)C(F)(F)C(F)(F)C(F)(F)C(F)(F)F)S(=O)(=O)C(F)(F)C(F)(F)C(F)(F)C(F)(F)C(F)(F)C(F)(F)C(F)(F)C(F)(F)F.[H-].[Li+]. The first-order chi connectivity index (χ1) is 31.0. The first kappa shape index (κ1) is 74.1. The molecule has 0 saturated carbocycles. The number of nitrogens with zero attached hydrogens (tertiary/aromatic N) is 2. The Morgan fingerprint density at radius 1 is 0.378 bits per heavy atom. The van der Waals surface area contributed by atoms with E-state index in [2.05, 4.69) is 9.05 Å². The molecule has 0 spiro atoms. The number of likely N-dealkylation sites (N-methyl/N-ethyl adjacent to an activating group) is 2. The van der Waals surface area contributed by atoms with Crippen LogP contribution in [0.3, 0.4) is 0 Å². The van der Waals surface area contributed by atoms with Crippen LogP contribution < -0.4 is 18.9 Å². The van der Waals surface area contributed by atoms with Gasteiger partial charge in [0.15, 0.2) is 13.1 Å². The number of quaternary nitrogens is 2. The van der Waals surface area contributed by atoms with Crippen LogP contribution in [-0.4, -0.2) is 163 Å². The molecule has 0 rings (SSSR count). The Bertz CT molecular complexity index is 2130. The topological polar surface area (TPSA) is 124 Å². The van der Waals surface area contributed by atoms with E-state index in [-0.39, 0.29) is 34.1 Å². The average Bonchev–Trinajstić information content (AvgIpc) is 3.18. The molecule has 0 bridgehead atoms. The van der Waals surface area contributed by atoms with Gasteiger partial charge in [0, 0.05) is 8.96 Å². The molecule has 0 aromatic rings. The van der Waals surface area contributed by atoms with Gasteiger partial charge < -0.3 is 6.32 Å². The zero-order valence-electron chi connectivity index (χ0n) is 35.3. The normalized spacial score (nSPS) is 18.6. The third-order valence-corrected chi connectivity index (χ3v) is 14.6. The number of phosphoric acid groups is 1. The van der Waals surface area contributed by atoms with Crippen LogP contribution in [0.5, 0.6) is 0 Å². The van der Waals surface area contributed by atoms with Crippen molar-refractivity contribution in [1.29, 1.82) is 0 Å². The summed E-state index contributed by atoms with van der Waals surface area (Å²) in [6.07, 6.45) is -16.4. The molecular weight excluding hydrogens is 1230 g/mol. The van der Waals surface area contributed by atoms with Crippen molar-refractivity contribution in [3.05, 3.63) is 0 Å². The molecule has 1 N–H and O–H groups in total. The Morgan fingerprint density at radius 3 is 0.703 bits per heavy atom. The van der Waals surface area contributed by atoms with Crippen molar-refractivity contribution in [2.24, 2.45) is 0 Å². The molecule has 2 unspecified atom stereocenters. The van der Waals surface area contributed by atoms with Crippen molar-refractivity contribution < 1.29 is 222 Å². The fourth-order valence-corrected chi connectivity index (χ4v) is 8.29. The minimum absolute atomic E-state index is 0. The first-order valence-electron chi connectivity index (χ1n) is 16.7. The van der Waals surface area contributed by atoms with E-state index in [0.717, 1.165) is 0 Å². The van der Waals surface area contributed by atoms with E-state index >= 15 is 8.96 Å². The Labute approximate surface area is 397 Å². The summed E-state index contributed by atoms with van der Waals surface area (Å²) in [7, 11) is -24.4. The van der Waals surface area contributed by atoms with Gasteiger partial charge >= 0.3 is 141 Å². The number of rotatable bonds is 26. The van der Waals surface area contributed by atoms with Gasteiger partial charge in [-0.1, -0.05) is 0 Å². The standard InChI is InChI=1S/C24H18F36N2O8PS2.Li.H/c1-3-61(59,72(65,66)23(55,56)19(45,46)15(37,38)11(29,30)9(25,26)13(33,34)17(41,42)21(49,50)51)5-7-69-71(63,64)70-8-6-62(60,4-2)73(67,68)24(57,58)20(47,48)16(39,40)12(31,32)10(27,28)14(35,36)18(43,44)22(52,53)54;;/h3-8H2,1-2H3;;/q2*+1;-1/p+1. The summed E-state index contributed by atoms with van der Waals surface area (Å²) in [5.41, 5.74) is 0. The zero-order valence-corrected chi connectivity index (χ0v) is 36.8. The fourth-order valence-electron chi connectivity index (χ4n) is 4.55. The van der Waals surface area contributed by atoms with Gasteiger partial charge in [0.05, 0.1) is 0 Å². The molecule has 0 aliphatic heterocycles. The van der Waals surface area contributed by atoms with Crippen molar-refractivity contribution in [2.75, 3.05) is 39.4 Å². The molecule has 2 atom stereocenters. The molecule has 0 heterocycles. The second kappa shape index (κ2) is 20.0. The zero-order chi connectivity index (χ0) is 60.2. The molecule has 10 nitrogen and oxygen atoms in total. The van der Waals surface area contributed by atoms with Crippen LogP contribution in [0, 0.1) is 0 Å². The van der Waals surface area contributed by atoms with Gasteiger partial charge in [0.1, 0.15) is 26.3 Å². The quantitative estimate of drug-likeness (QED) is 0.0398. The maximum atomic E-state index is 15.3. The molecule has 0 radical (unpaired) electrons. The second-order valence-electron chi connectivity index (χ2n) is 13.7. The van der Waals surface area contributed by atoms with Gasteiger partial charge in [-0.3, -0.25) is 9.05 Å². The molecule has 442 valence electrons. The van der Waals surface area contributed by atoms with Crippen LogP contribution in [0.15, 0.2) is 0 Å². The minimum atomic E-state index is -9.42. The summed E-state index contributed by atoms with van der Waals surface area (Å²) >= 11 is 0. The number of halogens is 36. The van der Waals surface area contributed by atoms with E-state index in [4.69, 9.17) is 0 Å². The molecule has 0 amide bonds. The summed E-state index contributed by atoms with van der Waals surface area (Å²) < 4.78 is 551. The molecule has 0 saturated heterocycles. The van der Waals surface area contributed by atoms with Gasteiger partial charge in [-0.25, -0.2) is 4.57 Å². The van der Waals surface area contributed by atoms with Gasteiger partial charge in [-0.05, 0) is 22.1 Å². The summed E-state index contributed by atoms with van der Waals surface area (Å²) in [6.45, 7) is -17.6. The Kier molecular flexibility index (Phi) is 20.0. The first-order valence-corrected chi connectivity index (χ1v) is 21.1. The van der Waals surface area contributed by atoms with Crippen molar-refractivity contribution in [3.8, 4) is 0 Å². The molecule has 0 fully saturated rings. The molecule has 0 aromatic carbocycles. The maximum Gasteiger partial charge on any atom is 1.00 e. The molecule has 0 aliphatic rings. The Morgan fingerprint density at radius 2 is 0.541 bits per heavy atom. The van der Waals surface area contributed by atoms with E-state index < -0.39 is 169 Å². The number of hydrogen-bond donors (Lipinski definition) is 1. The van der Waals surface area contributed by atoms with E-state index in [1.165, 1.54) is 0 Å². The predicted octanol–water partition coefficient (Wildman–Crippen LogP) is 8.27. The molecular formula is C24H20F36LiN2O8PS2+2. The van der Waals surface area contributed by atoms with Crippen LogP contribution in [0.2, 0.25) is 0 Å². The minimum Gasteiger partial charge on any atom is -1.00 e. The largest absolute Gasteiger partial charge is 1.00 e. The number of alkyl halides is 34. The van der Waals surface area contributed by atoms with Crippen molar-refractivity contribution in [2.45, 2.75) is 108 Å². The van der Waals surface area contributed by atoms with Crippen LogP contribution in [0.4, 0.5) is 158 Å². The number of phosphoric ester groups is 1. The van der Waals surface area contributed by atoms with E-state index in [1.54, 1.807) is 0 Å². The van der Waals surface area contributed by atoms with Crippen LogP contribution in [0.1, 0.15) is 15.3 Å². The van der Waals surface area contributed by atoms with Crippen molar-refractivity contribution >= 4 is 27.9 Å². The van der Waals surface area contributed by atoms with Gasteiger partial charge in [0.25, 0.3) is 0 Å². The average molecular weight is 1250 g/mol. The third-order valence-electron chi connectivity index (χ3n) is 9.20. The Hall–Kier alpha value is -1.99.